The number of unbranched alkanes of at least 4 members (excludes halogenated alkanes) is 2. The van der Waals surface area contributed by atoms with Crippen LogP contribution in [0.25, 0.3) is 0 Å². The molecule has 0 unspecified atom stereocenters. The highest BCUT2D eigenvalue weighted by atomic mass is 32.2. The zero-order valence-corrected chi connectivity index (χ0v) is 24.2. The molecule has 0 saturated heterocycles. The molecular formula is C30H42N2O5S. The second-order valence-corrected chi connectivity index (χ2v) is 12.2. The Labute approximate surface area is 228 Å². The van der Waals surface area contributed by atoms with Crippen LogP contribution in [0.1, 0.15) is 59.3 Å². The van der Waals surface area contributed by atoms with Crippen LogP contribution in [0.4, 0.5) is 17.1 Å². The Morgan fingerprint density at radius 3 is 2.29 bits per heavy atom. The van der Waals surface area contributed by atoms with Gasteiger partial charge in [0.25, 0.3) is 0 Å². The number of benzene rings is 2. The van der Waals surface area contributed by atoms with Crippen LogP contribution in [0.15, 0.2) is 59.7 Å². The molecule has 0 fully saturated rings. The van der Waals surface area contributed by atoms with Crippen molar-refractivity contribution in [1.82, 2.24) is 0 Å². The molecule has 2 aromatic carbocycles. The second-order valence-electron chi connectivity index (χ2n) is 10.2. The first kappa shape index (κ1) is 29.6. The maximum Gasteiger partial charge on any atom is 0.333 e. The van der Waals surface area contributed by atoms with E-state index in [0.29, 0.717) is 23.7 Å². The number of nitrogens with zero attached hydrogens (tertiary/aromatic N) is 2. The zero-order chi connectivity index (χ0) is 27.8. The van der Waals surface area contributed by atoms with E-state index in [-0.39, 0.29) is 22.7 Å². The van der Waals surface area contributed by atoms with E-state index in [2.05, 4.69) is 18.7 Å². The van der Waals surface area contributed by atoms with Gasteiger partial charge in [-0.05, 0) is 38.0 Å². The van der Waals surface area contributed by atoms with Gasteiger partial charge in [-0.25, -0.2) is 13.2 Å². The molecule has 1 aliphatic rings. The fourth-order valence-electron chi connectivity index (χ4n) is 5.11. The molecule has 0 aliphatic carbocycles. The molecule has 0 saturated carbocycles. The van der Waals surface area contributed by atoms with Crippen molar-refractivity contribution in [1.29, 1.82) is 0 Å². The second kappa shape index (κ2) is 13.2. The van der Waals surface area contributed by atoms with Gasteiger partial charge in [-0.15, -0.1) is 0 Å². The number of hydrogen-bond acceptors (Lipinski definition) is 7. The Morgan fingerprint density at radius 1 is 1.05 bits per heavy atom. The van der Waals surface area contributed by atoms with Crippen LogP contribution in [0.5, 0.6) is 5.75 Å². The molecule has 0 radical (unpaired) electrons. The van der Waals surface area contributed by atoms with Gasteiger partial charge < -0.3 is 19.3 Å². The Hall–Kier alpha value is -3.00. The lowest BCUT2D eigenvalue weighted by Crippen LogP contribution is -2.38. The molecule has 1 heterocycles. The SMILES string of the molecule is CCCCC1(CCCC)CN(c2ccccc2)c2cc(N(C)C)c(O/C=C\C(=O)OCC)cc2S(=O)(=O)C1. The van der Waals surface area contributed by atoms with Crippen molar-refractivity contribution in [3.8, 4) is 5.75 Å². The summed E-state index contributed by atoms with van der Waals surface area (Å²) >= 11 is 0. The van der Waals surface area contributed by atoms with E-state index in [4.69, 9.17) is 9.47 Å². The van der Waals surface area contributed by atoms with Crippen LogP contribution in [-0.4, -0.2) is 47.4 Å². The maximum absolute atomic E-state index is 14.1. The fraction of sp³-hybridized carbons (Fsp3) is 0.500. The normalized spacial score (nSPS) is 16.1. The number of rotatable bonds is 12. The number of fused-ring (bicyclic) bond motifs is 1. The van der Waals surface area contributed by atoms with Gasteiger partial charge in [0.2, 0.25) is 0 Å². The Morgan fingerprint density at radius 2 is 1.71 bits per heavy atom. The average molecular weight is 543 g/mol. The predicted molar refractivity (Wildman–Crippen MR) is 154 cm³/mol. The Kier molecular flexibility index (Phi) is 10.3. The monoisotopic (exact) mass is 542 g/mol. The summed E-state index contributed by atoms with van der Waals surface area (Å²) in [6.45, 7) is 6.92. The zero-order valence-electron chi connectivity index (χ0n) is 23.4. The highest BCUT2D eigenvalue weighted by molar-refractivity contribution is 7.91. The summed E-state index contributed by atoms with van der Waals surface area (Å²) in [6.07, 6.45) is 8.14. The van der Waals surface area contributed by atoms with E-state index in [1.54, 1.807) is 13.0 Å². The highest BCUT2D eigenvalue weighted by Crippen LogP contribution is 2.48. The fourth-order valence-corrected chi connectivity index (χ4v) is 7.23. The molecule has 0 aromatic heterocycles. The summed E-state index contributed by atoms with van der Waals surface area (Å²) < 4.78 is 39.0. The van der Waals surface area contributed by atoms with Crippen LogP contribution in [-0.2, 0) is 19.4 Å². The number of carbonyl (C=O) groups is 1. The van der Waals surface area contributed by atoms with E-state index in [0.717, 1.165) is 44.2 Å². The van der Waals surface area contributed by atoms with Gasteiger partial charge in [0.15, 0.2) is 15.6 Å². The molecule has 208 valence electrons. The molecule has 1 aliphatic heterocycles. The van der Waals surface area contributed by atoms with E-state index in [1.165, 1.54) is 12.3 Å². The molecule has 0 N–H and O–H groups in total. The minimum atomic E-state index is -3.66. The van der Waals surface area contributed by atoms with E-state index < -0.39 is 15.8 Å². The quantitative estimate of drug-likeness (QED) is 0.172. The minimum absolute atomic E-state index is 0.0930. The molecular weight excluding hydrogens is 500 g/mol. The molecule has 7 nitrogen and oxygen atoms in total. The first-order chi connectivity index (χ1) is 18.2. The van der Waals surface area contributed by atoms with E-state index in [1.807, 2.05) is 55.4 Å². The van der Waals surface area contributed by atoms with Crippen LogP contribution < -0.4 is 14.5 Å². The smallest absolute Gasteiger partial charge is 0.333 e. The van der Waals surface area contributed by atoms with Gasteiger partial charge in [0.1, 0.15) is 0 Å². The first-order valence-electron chi connectivity index (χ1n) is 13.6. The van der Waals surface area contributed by atoms with E-state index in [9.17, 15) is 13.2 Å². The number of ether oxygens (including phenoxy) is 2. The average Bonchev–Trinajstić information content (AvgIpc) is 2.98. The van der Waals surface area contributed by atoms with Crippen LogP contribution >= 0.6 is 0 Å². The topological polar surface area (TPSA) is 76.2 Å². The molecule has 0 bridgehead atoms. The summed E-state index contributed by atoms with van der Waals surface area (Å²) in [7, 11) is 0.108. The number of carbonyl (C=O) groups excluding carboxylic acids is 1. The standard InChI is InChI=1S/C30H42N2O5S/c1-6-9-17-30(18-10-7-2)22-32(24-14-12-11-13-15-24)26-20-25(31(4)5)27(21-28(26)38(34,35)23-30)37-19-16-29(33)36-8-3/h11-16,19-21H,6-10,17-18,22-23H2,1-5H3/b19-16-. The first-order valence-corrected chi connectivity index (χ1v) is 15.2. The van der Waals surface area contributed by atoms with Crippen LogP contribution in [0.2, 0.25) is 0 Å². The van der Waals surface area contributed by atoms with Crippen molar-refractivity contribution < 1.29 is 22.7 Å². The highest BCUT2D eigenvalue weighted by Gasteiger charge is 2.42. The lowest BCUT2D eigenvalue weighted by molar-refractivity contribution is -0.137. The number of hydrogen-bond donors (Lipinski definition) is 0. The molecule has 3 rings (SSSR count). The van der Waals surface area contributed by atoms with Gasteiger partial charge in [-0.3, -0.25) is 0 Å². The molecule has 2 aromatic rings. The predicted octanol–water partition coefficient (Wildman–Crippen LogP) is 6.50. The third-order valence-corrected chi connectivity index (χ3v) is 9.00. The molecule has 8 heteroatoms. The number of anilines is 3. The van der Waals surface area contributed by atoms with Gasteiger partial charge in [0.05, 0.1) is 41.0 Å². The van der Waals surface area contributed by atoms with Crippen molar-refractivity contribution in [2.75, 3.05) is 42.8 Å². The van der Waals surface area contributed by atoms with E-state index >= 15 is 0 Å². The lowest BCUT2D eigenvalue weighted by Gasteiger charge is -2.37. The largest absolute Gasteiger partial charge is 0.463 e. The lowest BCUT2D eigenvalue weighted by atomic mass is 9.79. The van der Waals surface area contributed by atoms with Crippen LogP contribution in [0, 0.1) is 5.41 Å². The number of para-hydroxylation sites is 1. The van der Waals surface area contributed by atoms with Crippen molar-refractivity contribution in [3.05, 3.63) is 54.8 Å². The summed E-state index contributed by atoms with van der Waals surface area (Å²) in [5.74, 6) is -0.0656. The Bertz CT molecular complexity index is 1200. The van der Waals surface area contributed by atoms with Gasteiger partial charge in [0, 0.05) is 37.8 Å². The van der Waals surface area contributed by atoms with Crippen LogP contribution in [0.3, 0.4) is 0 Å². The molecule has 38 heavy (non-hydrogen) atoms. The third-order valence-electron chi connectivity index (χ3n) is 7.01. The minimum Gasteiger partial charge on any atom is -0.463 e. The van der Waals surface area contributed by atoms with Gasteiger partial charge in [-0.2, -0.15) is 0 Å². The van der Waals surface area contributed by atoms with Crippen molar-refractivity contribution in [2.24, 2.45) is 5.41 Å². The third kappa shape index (κ3) is 7.10. The maximum atomic E-state index is 14.1. The van der Waals surface area contributed by atoms with Crippen molar-refractivity contribution >= 4 is 32.9 Å². The molecule has 0 amide bonds. The molecule has 0 spiro atoms. The van der Waals surface area contributed by atoms with Gasteiger partial charge in [-0.1, -0.05) is 57.7 Å². The van der Waals surface area contributed by atoms with Crippen molar-refractivity contribution in [3.63, 3.8) is 0 Å². The number of sulfone groups is 1. The molecule has 0 atom stereocenters. The summed E-state index contributed by atoms with van der Waals surface area (Å²) in [5, 5.41) is 0. The van der Waals surface area contributed by atoms with Crippen molar-refractivity contribution in [2.45, 2.75) is 64.2 Å². The van der Waals surface area contributed by atoms with Gasteiger partial charge >= 0.3 is 5.97 Å². The summed E-state index contributed by atoms with van der Waals surface area (Å²) in [6, 6.07) is 13.5. The Balaban J connectivity index is 2.21. The number of esters is 1. The summed E-state index contributed by atoms with van der Waals surface area (Å²) in [4.78, 5) is 16.1. The summed E-state index contributed by atoms with van der Waals surface area (Å²) in [5.41, 5.74) is 1.95.